The maximum atomic E-state index is 11.2. The third-order valence-electron chi connectivity index (χ3n) is 2.26. The molecule has 1 aliphatic heterocycles. The van der Waals surface area contributed by atoms with Crippen molar-refractivity contribution in [3.05, 3.63) is 0 Å². The summed E-state index contributed by atoms with van der Waals surface area (Å²) in [4.78, 5) is 2.24. The van der Waals surface area contributed by atoms with Crippen LogP contribution in [-0.4, -0.2) is 59.1 Å². The van der Waals surface area contributed by atoms with Gasteiger partial charge in [-0.3, -0.25) is 4.90 Å². The number of hydrogen-bond donors (Lipinski definition) is 3. The molecule has 0 aliphatic carbocycles. The predicted octanol–water partition coefficient (Wildman–Crippen LogP) is -0.821. The summed E-state index contributed by atoms with van der Waals surface area (Å²) >= 11 is 0. The number of hydrogen-bond acceptors (Lipinski definition) is 4. The van der Waals surface area contributed by atoms with Crippen LogP contribution in [0, 0.1) is 0 Å². The molecule has 0 spiro atoms. The van der Waals surface area contributed by atoms with Crippen LogP contribution in [0.4, 0.5) is 0 Å². The molecule has 0 aromatic carbocycles. The Bertz CT molecular complexity index is 271. The molecular formula is C8H22Cl2N4O2S. The molecule has 9 heteroatoms. The van der Waals surface area contributed by atoms with E-state index in [1.54, 1.807) is 6.92 Å². The zero-order chi connectivity index (χ0) is 11.1. The predicted molar refractivity (Wildman–Crippen MR) is 74.4 cm³/mol. The van der Waals surface area contributed by atoms with Crippen molar-refractivity contribution in [1.82, 2.24) is 19.7 Å². The number of halogens is 2. The van der Waals surface area contributed by atoms with E-state index >= 15 is 0 Å². The van der Waals surface area contributed by atoms with Crippen molar-refractivity contribution in [2.75, 3.05) is 45.8 Å². The maximum Gasteiger partial charge on any atom is 0.276 e. The molecule has 0 saturated carbocycles. The molecule has 1 aliphatic rings. The third kappa shape index (κ3) is 9.01. The van der Waals surface area contributed by atoms with E-state index in [2.05, 4.69) is 19.7 Å². The molecule has 1 fully saturated rings. The van der Waals surface area contributed by atoms with Gasteiger partial charge in [0.25, 0.3) is 10.2 Å². The fourth-order valence-electron chi connectivity index (χ4n) is 1.51. The van der Waals surface area contributed by atoms with Gasteiger partial charge < -0.3 is 5.32 Å². The molecule has 0 bridgehead atoms. The Morgan fingerprint density at radius 2 is 1.76 bits per heavy atom. The first-order valence-corrected chi connectivity index (χ1v) is 6.79. The average molecular weight is 309 g/mol. The van der Waals surface area contributed by atoms with Crippen molar-refractivity contribution in [2.45, 2.75) is 6.92 Å². The Morgan fingerprint density at radius 1 is 1.18 bits per heavy atom. The Hall–Kier alpha value is 0.370. The molecule has 17 heavy (non-hydrogen) atoms. The molecule has 1 saturated heterocycles. The smallest absolute Gasteiger partial charge is 0.276 e. The lowest BCUT2D eigenvalue weighted by Gasteiger charge is -2.26. The van der Waals surface area contributed by atoms with E-state index in [4.69, 9.17) is 0 Å². The van der Waals surface area contributed by atoms with E-state index in [1.165, 1.54) is 0 Å². The fourth-order valence-corrected chi connectivity index (χ4v) is 2.36. The van der Waals surface area contributed by atoms with Crippen molar-refractivity contribution in [1.29, 1.82) is 0 Å². The highest BCUT2D eigenvalue weighted by Gasteiger charge is 2.11. The minimum atomic E-state index is -3.27. The lowest BCUT2D eigenvalue weighted by atomic mass is 10.3. The van der Waals surface area contributed by atoms with E-state index in [0.29, 0.717) is 13.1 Å². The standard InChI is InChI=1S/C8H20N4O2S.2ClH/c1-2-10-15(13,14)11-5-8-12-6-3-9-4-7-12;;/h9-11H,2-8H2,1H3;2*1H. The van der Waals surface area contributed by atoms with Crippen LogP contribution in [0.5, 0.6) is 0 Å². The summed E-state index contributed by atoms with van der Waals surface area (Å²) in [5.41, 5.74) is 0. The second-order valence-electron chi connectivity index (χ2n) is 3.49. The van der Waals surface area contributed by atoms with Gasteiger partial charge >= 0.3 is 0 Å². The summed E-state index contributed by atoms with van der Waals surface area (Å²) < 4.78 is 27.3. The topological polar surface area (TPSA) is 73.5 Å². The summed E-state index contributed by atoms with van der Waals surface area (Å²) in [5, 5.41) is 3.25. The van der Waals surface area contributed by atoms with Gasteiger partial charge in [0.2, 0.25) is 0 Å². The van der Waals surface area contributed by atoms with Gasteiger partial charge in [0, 0.05) is 45.8 Å². The van der Waals surface area contributed by atoms with Gasteiger partial charge in [0.1, 0.15) is 0 Å². The molecule has 0 radical (unpaired) electrons. The Labute approximate surface area is 116 Å². The van der Waals surface area contributed by atoms with E-state index in [9.17, 15) is 8.42 Å². The van der Waals surface area contributed by atoms with E-state index < -0.39 is 10.2 Å². The second kappa shape index (κ2) is 10.3. The molecule has 3 N–H and O–H groups in total. The van der Waals surface area contributed by atoms with Gasteiger partial charge in [-0.1, -0.05) is 6.92 Å². The van der Waals surface area contributed by atoms with Gasteiger partial charge in [-0.2, -0.15) is 8.42 Å². The fraction of sp³-hybridized carbons (Fsp3) is 1.00. The first kappa shape index (κ1) is 19.7. The number of rotatable bonds is 6. The van der Waals surface area contributed by atoms with Crippen LogP contribution >= 0.6 is 24.8 Å². The zero-order valence-electron chi connectivity index (χ0n) is 9.94. The van der Waals surface area contributed by atoms with Crippen LogP contribution in [0.15, 0.2) is 0 Å². The van der Waals surface area contributed by atoms with E-state index in [1.807, 2.05) is 0 Å². The summed E-state index contributed by atoms with van der Waals surface area (Å²) in [7, 11) is -3.27. The molecule has 0 aromatic rings. The molecule has 0 unspecified atom stereocenters. The molecule has 0 aromatic heterocycles. The van der Waals surface area contributed by atoms with Crippen LogP contribution < -0.4 is 14.8 Å². The molecule has 1 heterocycles. The first-order valence-electron chi connectivity index (χ1n) is 5.31. The molecule has 0 amide bonds. The van der Waals surface area contributed by atoms with Gasteiger partial charge in [-0.25, -0.2) is 9.44 Å². The maximum absolute atomic E-state index is 11.2. The highest BCUT2D eigenvalue weighted by molar-refractivity contribution is 7.87. The minimum Gasteiger partial charge on any atom is -0.314 e. The van der Waals surface area contributed by atoms with Gasteiger partial charge in [0.15, 0.2) is 0 Å². The van der Waals surface area contributed by atoms with Crippen molar-refractivity contribution in [2.24, 2.45) is 0 Å². The molecule has 1 rings (SSSR count). The van der Waals surface area contributed by atoms with Crippen LogP contribution in [-0.2, 0) is 10.2 Å². The summed E-state index contributed by atoms with van der Waals surface area (Å²) in [6, 6.07) is 0. The minimum absolute atomic E-state index is 0. The summed E-state index contributed by atoms with van der Waals surface area (Å²) in [6.07, 6.45) is 0. The highest BCUT2D eigenvalue weighted by Crippen LogP contribution is 1.90. The monoisotopic (exact) mass is 308 g/mol. The lowest BCUT2D eigenvalue weighted by Crippen LogP contribution is -2.47. The van der Waals surface area contributed by atoms with Crippen molar-refractivity contribution < 1.29 is 8.42 Å². The largest absolute Gasteiger partial charge is 0.314 e. The third-order valence-corrected chi connectivity index (χ3v) is 3.52. The second-order valence-corrected chi connectivity index (χ2v) is 5.07. The quantitative estimate of drug-likeness (QED) is 0.599. The molecule has 106 valence electrons. The SMILES string of the molecule is CCNS(=O)(=O)NCCN1CCNCC1.Cl.Cl. The van der Waals surface area contributed by atoms with Gasteiger partial charge in [-0.05, 0) is 0 Å². The highest BCUT2D eigenvalue weighted by atomic mass is 35.5. The van der Waals surface area contributed by atoms with Crippen LogP contribution in [0.25, 0.3) is 0 Å². The van der Waals surface area contributed by atoms with Gasteiger partial charge in [0.05, 0.1) is 0 Å². The van der Waals surface area contributed by atoms with Crippen LogP contribution in [0.1, 0.15) is 6.92 Å². The Balaban J connectivity index is 0. The van der Waals surface area contributed by atoms with Gasteiger partial charge in [-0.15, -0.1) is 24.8 Å². The van der Waals surface area contributed by atoms with Crippen LogP contribution in [0.2, 0.25) is 0 Å². The summed E-state index contributed by atoms with van der Waals surface area (Å²) in [6.45, 7) is 7.37. The average Bonchev–Trinajstić information content (AvgIpc) is 2.19. The van der Waals surface area contributed by atoms with E-state index in [0.717, 1.165) is 32.7 Å². The number of nitrogens with one attached hydrogen (secondary N) is 3. The van der Waals surface area contributed by atoms with Crippen LogP contribution in [0.3, 0.4) is 0 Å². The van der Waals surface area contributed by atoms with E-state index in [-0.39, 0.29) is 24.8 Å². The molecular weight excluding hydrogens is 287 g/mol. The molecule has 0 atom stereocenters. The number of nitrogens with zero attached hydrogens (tertiary/aromatic N) is 1. The Morgan fingerprint density at radius 3 is 2.29 bits per heavy atom. The lowest BCUT2D eigenvalue weighted by molar-refractivity contribution is 0.245. The first-order chi connectivity index (χ1) is 7.14. The zero-order valence-corrected chi connectivity index (χ0v) is 12.4. The molecule has 6 nitrogen and oxygen atoms in total. The van der Waals surface area contributed by atoms with Crippen molar-refractivity contribution >= 4 is 35.0 Å². The Kier molecular flexibility index (Phi) is 11.9. The normalized spacial score (nSPS) is 17.0. The summed E-state index contributed by atoms with van der Waals surface area (Å²) in [5.74, 6) is 0. The van der Waals surface area contributed by atoms with Crippen molar-refractivity contribution in [3.8, 4) is 0 Å². The van der Waals surface area contributed by atoms with Crippen molar-refractivity contribution in [3.63, 3.8) is 0 Å². The number of piperazine rings is 1.